The second-order valence-electron chi connectivity index (χ2n) is 4.70. The standard InChI is InChI=1S/C14H17FN2O/c1-10(2)17-9-12(8-16-17)14(18)7-11-4-3-5-13(15)6-11/h3-6,8-10,14,18H,7H2,1-2H3. The van der Waals surface area contributed by atoms with Crippen LogP contribution in [0.15, 0.2) is 36.7 Å². The Bertz CT molecular complexity index is 522. The molecule has 3 nitrogen and oxygen atoms in total. The summed E-state index contributed by atoms with van der Waals surface area (Å²) < 4.78 is 14.8. The molecule has 18 heavy (non-hydrogen) atoms. The summed E-state index contributed by atoms with van der Waals surface area (Å²) in [5.74, 6) is -0.280. The van der Waals surface area contributed by atoms with E-state index in [1.807, 2.05) is 20.0 Å². The summed E-state index contributed by atoms with van der Waals surface area (Å²) in [7, 11) is 0. The van der Waals surface area contributed by atoms with Crippen molar-refractivity contribution in [2.45, 2.75) is 32.4 Å². The summed E-state index contributed by atoms with van der Waals surface area (Å²) in [5.41, 5.74) is 1.53. The van der Waals surface area contributed by atoms with Gasteiger partial charge in [-0.3, -0.25) is 4.68 Å². The number of nitrogens with zero attached hydrogens (tertiary/aromatic N) is 2. The fourth-order valence-corrected chi connectivity index (χ4v) is 1.81. The lowest BCUT2D eigenvalue weighted by Crippen LogP contribution is -2.02. The Morgan fingerprint density at radius 3 is 2.78 bits per heavy atom. The van der Waals surface area contributed by atoms with Crippen LogP contribution in [0.5, 0.6) is 0 Å². The topological polar surface area (TPSA) is 38.0 Å². The van der Waals surface area contributed by atoms with E-state index in [-0.39, 0.29) is 11.9 Å². The van der Waals surface area contributed by atoms with Crippen LogP contribution in [0, 0.1) is 5.82 Å². The number of aliphatic hydroxyl groups excluding tert-OH is 1. The first-order chi connectivity index (χ1) is 8.56. The van der Waals surface area contributed by atoms with E-state index in [9.17, 15) is 9.50 Å². The Morgan fingerprint density at radius 1 is 1.39 bits per heavy atom. The van der Waals surface area contributed by atoms with Gasteiger partial charge < -0.3 is 5.11 Å². The minimum Gasteiger partial charge on any atom is -0.388 e. The quantitative estimate of drug-likeness (QED) is 0.903. The fourth-order valence-electron chi connectivity index (χ4n) is 1.81. The highest BCUT2D eigenvalue weighted by Crippen LogP contribution is 2.19. The summed E-state index contributed by atoms with van der Waals surface area (Å²) in [4.78, 5) is 0. The van der Waals surface area contributed by atoms with E-state index in [1.54, 1.807) is 23.0 Å². The molecule has 0 aliphatic rings. The molecule has 96 valence electrons. The predicted octanol–water partition coefficient (Wildman–Crippen LogP) is 2.88. The molecule has 0 aliphatic heterocycles. The summed E-state index contributed by atoms with van der Waals surface area (Å²) in [6.45, 7) is 4.05. The molecule has 1 atom stereocenters. The highest BCUT2D eigenvalue weighted by atomic mass is 19.1. The van der Waals surface area contributed by atoms with Crippen molar-refractivity contribution in [3.05, 3.63) is 53.6 Å². The van der Waals surface area contributed by atoms with Gasteiger partial charge in [0.2, 0.25) is 0 Å². The van der Waals surface area contributed by atoms with Gasteiger partial charge in [0.1, 0.15) is 5.82 Å². The third-order valence-corrected chi connectivity index (χ3v) is 2.85. The summed E-state index contributed by atoms with van der Waals surface area (Å²) in [5, 5.41) is 14.3. The normalized spacial score (nSPS) is 12.9. The monoisotopic (exact) mass is 248 g/mol. The SMILES string of the molecule is CC(C)n1cc(C(O)Cc2cccc(F)c2)cn1. The molecule has 0 radical (unpaired) electrons. The molecule has 0 spiro atoms. The van der Waals surface area contributed by atoms with Crippen molar-refractivity contribution in [3.8, 4) is 0 Å². The maximum absolute atomic E-state index is 13.0. The van der Waals surface area contributed by atoms with Gasteiger partial charge in [-0.05, 0) is 31.5 Å². The highest BCUT2D eigenvalue weighted by molar-refractivity contribution is 5.20. The molecule has 1 aromatic carbocycles. The van der Waals surface area contributed by atoms with Crippen LogP contribution in [0.1, 0.15) is 37.1 Å². The predicted molar refractivity (Wildman–Crippen MR) is 67.7 cm³/mol. The van der Waals surface area contributed by atoms with Gasteiger partial charge in [0.15, 0.2) is 0 Å². The number of aromatic nitrogens is 2. The Morgan fingerprint density at radius 2 is 2.17 bits per heavy atom. The zero-order valence-corrected chi connectivity index (χ0v) is 10.5. The van der Waals surface area contributed by atoms with Crippen LogP contribution in [0.2, 0.25) is 0 Å². The smallest absolute Gasteiger partial charge is 0.123 e. The lowest BCUT2D eigenvalue weighted by Gasteiger charge is -2.09. The third kappa shape index (κ3) is 2.96. The maximum atomic E-state index is 13.0. The number of hydrogen-bond acceptors (Lipinski definition) is 2. The molecule has 0 saturated carbocycles. The van der Waals surface area contributed by atoms with Crippen LogP contribution < -0.4 is 0 Å². The molecule has 0 aliphatic carbocycles. The highest BCUT2D eigenvalue weighted by Gasteiger charge is 2.12. The summed E-state index contributed by atoms with van der Waals surface area (Å²) in [6, 6.07) is 6.55. The maximum Gasteiger partial charge on any atom is 0.123 e. The van der Waals surface area contributed by atoms with Gasteiger partial charge in [-0.2, -0.15) is 5.10 Å². The van der Waals surface area contributed by atoms with E-state index in [2.05, 4.69) is 5.10 Å². The molecule has 0 saturated heterocycles. The van der Waals surface area contributed by atoms with E-state index >= 15 is 0 Å². The first kappa shape index (κ1) is 12.8. The lowest BCUT2D eigenvalue weighted by atomic mass is 10.0. The van der Waals surface area contributed by atoms with Crippen molar-refractivity contribution < 1.29 is 9.50 Å². The average Bonchev–Trinajstić information content (AvgIpc) is 2.78. The van der Waals surface area contributed by atoms with Gasteiger partial charge >= 0.3 is 0 Å². The van der Waals surface area contributed by atoms with E-state index in [1.165, 1.54) is 12.1 Å². The van der Waals surface area contributed by atoms with E-state index in [4.69, 9.17) is 0 Å². The van der Waals surface area contributed by atoms with Crippen LogP contribution in [0.4, 0.5) is 4.39 Å². The van der Waals surface area contributed by atoms with Crippen molar-refractivity contribution in [1.82, 2.24) is 9.78 Å². The molecular weight excluding hydrogens is 231 g/mol. The molecule has 2 aromatic rings. The number of rotatable bonds is 4. The number of aliphatic hydroxyl groups is 1. The van der Waals surface area contributed by atoms with E-state index < -0.39 is 6.10 Å². The molecule has 1 unspecified atom stereocenters. The van der Waals surface area contributed by atoms with Gasteiger partial charge in [-0.25, -0.2) is 4.39 Å². The zero-order chi connectivity index (χ0) is 13.1. The first-order valence-electron chi connectivity index (χ1n) is 6.03. The van der Waals surface area contributed by atoms with E-state index in [0.717, 1.165) is 11.1 Å². The van der Waals surface area contributed by atoms with Crippen molar-refractivity contribution in [3.63, 3.8) is 0 Å². The average molecular weight is 248 g/mol. The minimum absolute atomic E-state index is 0.264. The van der Waals surface area contributed by atoms with Crippen molar-refractivity contribution in [2.24, 2.45) is 0 Å². The minimum atomic E-state index is -0.653. The fraction of sp³-hybridized carbons (Fsp3) is 0.357. The molecule has 1 heterocycles. The Labute approximate surface area is 106 Å². The molecular formula is C14H17FN2O. The number of hydrogen-bond donors (Lipinski definition) is 1. The second kappa shape index (κ2) is 5.31. The molecule has 1 aromatic heterocycles. The summed E-state index contributed by atoms with van der Waals surface area (Å²) in [6.07, 6.45) is 3.22. The molecule has 0 bridgehead atoms. The lowest BCUT2D eigenvalue weighted by molar-refractivity contribution is 0.178. The Hall–Kier alpha value is -1.68. The summed E-state index contributed by atoms with van der Waals surface area (Å²) >= 11 is 0. The molecule has 1 N–H and O–H groups in total. The molecule has 2 rings (SSSR count). The van der Waals surface area contributed by atoms with Crippen molar-refractivity contribution in [1.29, 1.82) is 0 Å². The molecule has 0 fully saturated rings. The van der Waals surface area contributed by atoms with E-state index in [0.29, 0.717) is 6.42 Å². The van der Waals surface area contributed by atoms with Crippen LogP contribution >= 0.6 is 0 Å². The number of halogens is 1. The van der Waals surface area contributed by atoms with Crippen LogP contribution in [-0.4, -0.2) is 14.9 Å². The van der Waals surface area contributed by atoms with Crippen molar-refractivity contribution in [2.75, 3.05) is 0 Å². The van der Waals surface area contributed by atoms with Gasteiger partial charge in [0.25, 0.3) is 0 Å². The largest absolute Gasteiger partial charge is 0.388 e. The first-order valence-corrected chi connectivity index (χ1v) is 6.03. The van der Waals surface area contributed by atoms with Crippen molar-refractivity contribution >= 4 is 0 Å². The second-order valence-corrected chi connectivity index (χ2v) is 4.70. The Kier molecular flexibility index (Phi) is 3.77. The zero-order valence-electron chi connectivity index (χ0n) is 10.5. The van der Waals surface area contributed by atoms with Gasteiger partial charge in [0.05, 0.1) is 12.3 Å². The molecule has 4 heteroatoms. The molecule has 0 amide bonds. The van der Waals surface area contributed by atoms with Crippen LogP contribution in [-0.2, 0) is 6.42 Å². The van der Waals surface area contributed by atoms with Gasteiger partial charge in [-0.1, -0.05) is 12.1 Å². The Balaban J connectivity index is 2.09. The number of benzene rings is 1. The van der Waals surface area contributed by atoms with Gasteiger partial charge in [0, 0.05) is 24.2 Å². The third-order valence-electron chi connectivity index (χ3n) is 2.85. The van der Waals surface area contributed by atoms with Gasteiger partial charge in [-0.15, -0.1) is 0 Å². The van der Waals surface area contributed by atoms with Crippen LogP contribution in [0.25, 0.3) is 0 Å². The van der Waals surface area contributed by atoms with Crippen LogP contribution in [0.3, 0.4) is 0 Å².